The van der Waals surface area contributed by atoms with E-state index in [0.29, 0.717) is 19.8 Å². The summed E-state index contributed by atoms with van der Waals surface area (Å²) in [6.45, 7) is 5.70. The van der Waals surface area contributed by atoms with Crippen molar-refractivity contribution in [2.75, 3.05) is 31.6 Å². The average Bonchev–Trinajstić information content (AvgIpc) is 2.84. The van der Waals surface area contributed by atoms with Crippen molar-refractivity contribution in [2.45, 2.75) is 26.3 Å². The number of quaternary nitrogens is 1. The van der Waals surface area contributed by atoms with E-state index in [0.717, 1.165) is 48.7 Å². The fraction of sp³-hybridized carbons (Fsp3) is 0.381. The largest absolute Gasteiger partial charge is 0.490 e. The van der Waals surface area contributed by atoms with Crippen LogP contribution in [0, 0.1) is 6.92 Å². The molecule has 0 aromatic heterocycles. The van der Waals surface area contributed by atoms with E-state index in [9.17, 15) is 4.79 Å². The summed E-state index contributed by atoms with van der Waals surface area (Å²) in [5.74, 6) is 1.76. The fourth-order valence-electron chi connectivity index (χ4n) is 3.67. The first-order chi connectivity index (χ1) is 12.7. The maximum atomic E-state index is 12.4. The molecule has 2 aliphatic rings. The monoisotopic (exact) mass is 353 g/mol. The minimum Gasteiger partial charge on any atom is -0.490 e. The predicted molar refractivity (Wildman–Crippen MR) is 100.0 cm³/mol. The fourth-order valence-corrected chi connectivity index (χ4v) is 3.67. The van der Waals surface area contributed by atoms with Crippen molar-refractivity contribution in [3.63, 3.8) is 0 Å². The van der Waals surface area contributed by atoms with Crippen molar-refractivity contribution < 1.29 is 19.2 Å². The molecule has 0 saturated carbocycles. The average molecular weight is 353 g/mol. The van der Waals surface area contributed by atoms with Gasteiger partial charge in [0.25, 0.3) is 5.91 Å². The molecule has 0 radical (unpaired) electrons. The molecule has 1 atom stereocenters. The highest BCUT2D eigenvalue weighted by Gasteiger charge is 2.24. The number of hydrogen-bond donors (Lipinski definition) is 2. The van der Waals surface area contributed by atoms with Crippen molar-refractivity contribution >= 4 is 11.6 Å². The Kier molecular flexibility index (Phi) is 4.80. The van der Waals surface area contributed by atoms with Crippen LogP contribution in [0.15, 0.2) is 36.4 Å². The van der Waals surface area contributed by atoms with Crippen LogP contribution in [0.2, 0.25) is 0 Å². The Morgan fingerprint density at radius 1 is 1.12 bits per heavy atom. The van der Waals surface area contributed by atoms with Gasteiger partial charge in [0.2, 0.25) is 0 Å². The Morgan fingerprint density at radius 3 is 2.65 bits per heavy atom. The van der Waals surface area contributed by atoms with Gasteiger partial charge in [-0.3, -0.25) is 4.79 Å². The van der Waals surface area contributed by atoms with E-state index < -0.39 is 0 Å². The molecule has 4 rings (SSSR count). The first-order valence-electron chi connectivity index (χ1n) is 9.29. The summed E-state index contributed by atoms with van der Waals surface area (Å²) < 4.78 is 11.6. The number of ether oxygens (including phenoxy) is 2. The van der Waals surface area contributed by atoms with Crippen molar-refractivity contribution in [3.8, 4) is 11.5 Å². The molecule has 0 spiro atoms. The van der Waals surface area contributed by atoms with Gasteiger partial charge in [-0.05, 0) is 42.3 Å². The summed E-state index contributed by atoms with van der Waals surface area (Å²) in [6, 6.07) is 12.1. The number of hydrogen-bond acceptors (Lipinski definition) is 3. The lowest BCUT2D eigenvalue weighted by molar-refractivity contribution is -0.907. The van der Waals surface area contributed by atoms with Gasteiger partial charge in [0.1, 0.15) is 6.54 Å². The molecule has 1 unspecified atom stereocenters. The summed E-state index contributed by atoms with van der Waals surface area (Å²) in [5.41, 5.74) is 4.59. The summed E-state index contributed by atoms with van der Waals surface area (Å²) >= 11 is 0. The van der Waals surface area contributed by atoms with Gasteiger partial charge < -0.3 is 19.7 Å². The number of benzene rings is 2. The number of fused-ring (bicyclic) bond motifs is 2. The molecule has 0 bridgehead atoms. The van der Waals surface area contributed by atoms with Crippen LogP contribution in [-0.2, 0) is 17.8 Å². The van der Waals surface area contributed by atoms with Crippen LogP contribution in [0.4, 0.5) is 5.69 Å². The summed E-state index contributed by atoms with van der Waals surface area (Å²) in [7, 11) is 0. The summed E-state index contributed by atoms with van der Waals surface area (Å²) in [5, 5.41) is 3.01. The molecule has 136 valence electrons. The number of rotatable bonds is 3. The topological polar surface area (TPSA) is 52.0 Å². The Morgan fingerprint density at radius 2 is 1.88 bits per heavy atom. The van der Waals surface area contributed by atoms with E-state index >= 15 is 0 Å². The molecular formula is C21H25N2O3+. The van der Waals surface area contributed by atoms with Crippen LogP contribution in [-0.4, -0.2) is 32.2 Å². The van der Waals surface area contributed by atoms with E-state index in [1.807, 2.05) is 31.2 Å². The third-order valence-corrected chi connectivity index (χ3v) is 4.97. The molecule has 2 N–H and O–H groups in total. The van der Waals surface area contributed by atoms with E-state index in [1.54, 1.807) is 0 Å². The van der Waals surface area contributed by atoms with Gasteiger partial charge in [0, 0.05) is 24.1 Å². The minimum atomic E-state index is 0.0587. The Labute approximate surface area is 153 Å². The number of anilines is 1. The standard InChI is InChI=1S/C21H24N2O3/c1-15-4-2-5-18(10-15)22-21(24)14-23-7-6-16-11-19-20(12-17(16)13-23)26-9-3-8-25-19/h2,4-5,10-12H,3,6-9,13-14H2,1H3,(H,22,24)/p+1. The Hall–Kier alpha value is -2.53. The first kappa shape index (κ1) is 16.9. The van der Waals surface area contributed by atoms with Crippen molar-refractivity contribution in [3.05, 3.63) is 53.1 Å². The van der Waals surface area contributed by atoms with Crippen molar-refractivity contribution in [1.82, 2.24) is 0 Å². The number of amides is 1. The maximum Gasteiger partial charge on any atom is 0.279 e. The van der Waals surface area contributed by atoms with Gasteiger partial charge in [-0.25, -0.2) is 0 Å². The molecule has 5 heteroatoms. The molecule has 2 aromatic carbocycles. The van der Waals surface area contributed by atoms with Crippen LogP contribution >= 0.6 is 0 Å². The van der Waals surface area contributed by atoms with Crippen LogP contribution in [0.3, 0.4) is 0 Å². The molecule has 0 saturated heterocycles. The summed E-state index contributed by atoms with van der Waals surface area (Å²) in [6.07, 6.45) is 1.87. The van der Waals surface area contributed by atoms with Gasteiger partial charge in [-0.1, -0.05) is 12.1 Å². The first-order valence-corrected chi connectivity index (χ1v) is 9.29. The smallest absolute Gasteiger partial charge is 0.279 e. The highest BCUT2D eigenvalue weighted by molar-refractivity contribution is 5.91. The van der Waals surface area contributed by atoms with Crippen molar-refractivity contribution in [2.24, 2.45) is 0 Å². The lowest BCUT2D eigenvalue weighted by atomic mass is 9.99. The number of carbonyl (C=O) groups is 1. The molecule has 5 nitrogen and oxygen atoms in total. The molecule has 26 heavy (non-hydrogen) atoms. The highest BCUT2D eigenvalue weighted by atomic mass is 16.5. The van der Waals surface area contributed by atoms with Gasteiger partial charge in [-0.15, -0.1) is 0 Å². The second kappa shape index (κ2) is 7.38. The van der Waals surface area contributed by atoms with Crippen LogP contribution < -0.4 is 19.7 Å². The van der Waals surface area contributed by atoms with Gasteiger partial charge >= 0.3 is 0 Å². The SMILES string of the molecule is Cc1cccc(NC(=O)C[NH+]2CCc3cc4c(cc3C2)OCCCO4)c1. The molecular weight excluding hydrogens is 328 g/mol. The second-order valence-corrected chi connectivity index (χ2v) is 7.14. The molecule has 2 aliphatic heterocycles. The van der Waals surface area contributed by atoms with E-state index in [4.69, 9.17) is 9.47 Å². The highest BCUT2D eigenvalue weighted by Crippen LogP contribution is 2.33. The van der Waals surface area contributed by atoms with E-state index in [2.05, 4.69) is 17.4 Å². The Bertz CT molecular complexity index is 819. The molecule has 0 aliphatic carbocycles. The zero-order valence-electron chi connectivity index (χ0n) is 15.1. The van der Waals surface area contributed by atoms with Crippen LogP contribution in [0.1, 0.15) is 23.1 Å². The number of nitrogens with one attached hydrogen (secondary N) is 2. The Balaban J connectivity index is 1.41. The number of carbonyl (C=O) groups excluding carboxylic acids is 1. The number of aryl methyl sites for hydroxylation is 1. The van der Waals surface area contributed by atoms with Gasteiger partial charge in [0.15, 0.2) is 18.0 Å². The second-order valence-electron chi connectivity index (χ2n) is 7.14. The summed E-state index contributed by atoms with van der Waals surface area (Å²) in [4.78, 5) is 13.7. The van der Waals surface area contributed by atoms with Gasteiger partial charge in [0.05, 0.1) is 19.8 Å². The van der Waals surface area contributed by atoms with Crippen molar-refractivity contribution in [1.29, 1.82) is 0 Å². The normalized spacial score (nSPS) is 18.6. The van der Waals surface area contributed by atoms with E-state index in [1.165, 1.54) is 16.0 Å². The van der Waals surface area contributed by atoms with Crippen LogP contribution in [0.25, 0.3) is 0 Å². The molecule has 2 aromatic rings. The van der Waals surface area contributed by atoms with Crippen LogP contribution in [0.5, 0.6) is 11.5 Å². The maximum absolute atomic E-state index is 12.4. The lowest BCUT2D eigenvalue weighted by Gasteiger charge is -2.26. The predicted octanol–water partition coefficient (Wildman–Crippen LogP) is 1.74. The molecule has 0 fully saturated rings. The zero-order chi connectivity index (χ0) is 17.9. The van der Waals surface area contributed by atoms with E-state index in [-0.39, 0.29) is 5.91 Å². The van der Waals surface area contributed by atoms with Gasteiger partial charge in [-0.2, -0.15) is 0 Å². The lowest BCUT2D eigenvalue weighted by Crippen LogP contribution is -3.12. The third kappa shape index (κ3) is 3.83. The third-order valence-electron chi connectivity index (χ3n) is 4.97. The quantitative estimate of drug-likeness (QED) is 0.884. The molecule has 2 heterocycles. The minimum absolute atomic E-state index is 0.0587. The zero-order valence-corrected chi connectivity index (χ0v) is 15.1. The molecule has 1 amide bonds.